The minimum atomic E-state index is -0.255. The van der Waals surface area contributed by atoms with Gasteiger partial charge in [-0.15, -0.1) is 0 Å². The average Bonchev–Trinajstić information content (AvgIpc) is 3.51. The van der Waals surface area contributed by atoms with Crippen LogP contribution in [-0.2, 0) is 6.42 Å². The maximum Gasteiger partial charge on any atom is 0.255 e. The van der Waals surface area contributed by atoms with E-state index >= 15 is 0 Å². The number of rotatable bonds is 7. The molecule has 0 bridgehead atoms. The van der Waals surface area contributed by atoms with Gasteiger partial charge in [-0.1, -0.05) is 55.0 Å². The first kappa shape index (κ1) is 25.1. The Balaban J connectivity index is 1.28. The second-order valence-electron chi connectivity index (χ2n) is 10.8. The van der Waals surface area contributed by atoms with E-state index in [9.17, 15) is 9.18 Å². The number of hydrogen-bond acceptors (Lipinski definition) is 3. The number of amides is 1. The van der Waals surface area contributed by atoms with Crippen molar-refractivity contribution >= 4 is 12.0 Å². The van der Waals surface area contributed by atoms with Crippen LogP contribution in [0.25, 0.3) is 11.8 Å². The van der Waals surface area contributed by atoms with E-state index in [4.69, 9.17) is 4.74 Å². The van der Waals surface area contributed by atoms with Crippen LogP contribution in [0.5, 0.6) is 5.75 Å². The van der Waals surface area contributed by atoms with Gasteiger partial charge in [0.05, 0.1) is 36.3 Å². The Morgan fingerprint density at radius 3 is 2.62 bits per heavy atom. The van der Waals surface area contributed by atoms with Gasteiger partial charge in [0.1, 0.15) is 11.6 Å². The number of halogens is 1. The Morgan fingerprint density at radius 2 is 1.85 bits per heavy atom. The highest BCUT2D eigenvalue weighted by Crippen LogP contribution is 2.55. The van der Waals surface area contributed by atoms with Crippen LogP contribution < -0.4 is 10.1 Å². The Labute approximate surface area is 228 Å². The van der Waals surface area contributed by atoms with E-state index in [1.165, 1.54) is 23.3 Å². The van der Waals surface area contributed by atoms with Gasteiger partial charge in [0, 0.05) is 0 Å². The first-order valence-corrected chi connectivity index (χ1v) is 13.5. The third-order valence-electron chi connectivity index (χ3n) is 8.60. The molecule has 2 aliphatic carbocycles. The summed E-state index contributed by atoms with van der Waals surface area (Å²) in [4.78, 5) is 13.4. The number of para-hydroxylation sites is 1. The quantitative estimate of drug-likeness (QED) is 0.287. The molecule has 198 valence electrons. The normalized spacial score (nSPS) is 20.5. The smallest absolute Gasteiger partial charge is 0.255 e. The number of aromatic nitrogens is 2. The number of fused-ring (bicyclic) bond motifs is 2. The summed E-state index contributed by atoms with van der Waals surface area (Å²) in [5, 5.41) is 7.99. The van der Waals surface area contributed by atoms with E-state index in [-0.39, 0.29) is 23.2 Å². The zero-order valence-corrected chi connectivity index (χ0v) is 22.2. The number of hydrogen-bond donors (Lipinski definition) is 1. The number of allylic oxidation sites excluding steroid dienone is 1. The molecule has 0 aliphatic heterocycles. The Hall–Kier alpha value is -4.19. The second-order valence-corrected chi connectivity index (χ2v) is 10.8. The summed E-state index contributed by atoms with van der Waals surface area (Å²) in [7, 11) is 1.59. The molecule has 6 rings (SSSR count). The summed E-state index contributed by atoms with van der Waals surface area (Å²) in [5.74, 6) is 0.564. The molecule has 0 saturated heterocycles. The maximum atomic E-state index is 13.5. The highest BCUT2D eigenvalue weighted by molar-refractivity contribution is 5.97. The van der Waals surface area contributed by atoms with Crippen molar-refractivity contribution in [3.63, 3.8) is 0 Å². The molecule has 5 nitrogen and oxygen atoms in total. The summed E-state index contributed by atoms with van der Waals surface area (Å²) >= 11 is 0. The topological polar surface area (TPSA) is 56.1 Å². The fraction of sp³-hybridized carbons (Fsp3) is 0.273. The van der Waals surface area contributed by atoms with E-state index < -0.39 is 0 Å². The fourth-order valence-corrected chi connectivity index (χ4v) is 6.42. The van der Waals surface area contributed by atoms with Crippen molar-refractivity contribution < 1.29 is 13.9 Å². The van der Waals surface area contributed by atoms with Crippen molar-refractivity contribution in [1.29, 1.82) is 0 Å². The maximum absolute atomic E-state index is 13.5. The predicted octanol–water partition coefficient (Wildman–Crippen LogP) is 6.94. The van der Waals surface area contributed by atoms with Crippen LogP contribution in [0.3, 0.4) is 0 Å². The number of methoxy groups -OCH3 is 1. The van der Waals surface area contributed by atoms with E-state index in [1.807, 2.05) is 47.3 Å². The monoisotopic (exact) mass is 521 g/mol. The largest absolute Gasteiger partial charge is 0.496 e. The molecule has 1 amide bonds. The summed E-state index contributed by atoms with van der Waals surface area (Å²) in [5.41, 5.74) is 6.18. The number of benzene rings is 3. The van der Waals surface area contributed by atoms with E-state index in [0.29, 0.717) is 17.2 Å². The van der Waals surface area contributed by atoms with E-state index in [0.717, 1.165) is 42.6 Å². The van der Waals surface area contributed by atoms with Crippen LogP contribution in [0.2, 0.25) is 0 Å². The van der Waals surface area contributed by atoms with Crippen LogP contribution in [0.1, 0.15) is 59.4 Å². The molecule has 1 heterocycles. The molecular weight excluding hydrogens is 489 g/mol. The summed E-state index contributed by atoms with van der Waals surface area (Å²) in [6.45, 7) is 2.36. The van der Waals surface area contributed by atoms with Gasteiger partial charge in [0.25, 0.3) is 5.91 Å². The number of carbonyl (C=O) groups excluding carboxylic acids is 1. The molecule has 6 heteroatoms. The molecule has 3 atom stereocenters. The Bertz CT molecular complexity index is 1530. The zero-order valence-electron chi connectivity index (χ0n) is 22.2. The number of nitrogens with zero attached hydrogens (tertiary/aromatic N) is 2. The van der Waals surface area contributed by atoms with E-state index in [1.54, 1.807) is 25.3 Å². The number of ether oxygens (including phenoxy) is 1. The molecule has 1 fully saturated rings. The second kappa shape index (κ2) is 10.2. The van der Waals surface area contributed by atoms with E-state index in [2.05, 4.69) is 35.5 Å². The van der Waals surface area contributed by atoms with Crippen molar-refractivity contribution in [2.24, 2.45) is 11.3 Å². The lowest BCUT2D eigenvalue weighted by Gasteiger charge is -2.37. The van der Waals surface area contributed by atoms with Crippen LogP contribution >= 0.6 is 0 Å². The molecule has 2 aliphatic rings. The van der Waals surface area contributed by atoms with Crippen molar-refractivity contribution in [1.82, 2.24) is 15.1 Å². The van der Waals surface area contributed by atoms with Crippen molar-refractivity contribution in [3.8, 4) is 11.4 Å². The summed E-state index contributed by atoms with van der Waals surface area (Å²) < 4.78 is 20.9. The highest BCUT2D eigenvalue weighted by Gasteiger charge is 2.46. The first-order chi connectivity index (χ1) is 19.0. The lowest BCUT2D eigenvalue weighted by Crippen LogP contribution is -2.35. The lowest BCUT2D eigenvalue weighted by atomic mass is 9.68. The fourth-order valence-electron chi connectivity index (χ4n) is 6.42. The van der Waals surface area contributed by atoms with Crippen molar-refractivity contribution in [2.75, 3.05) is 7.11 Å². The van der Waals surface area contributed by atoms with Gasteiger partial charge in [-0.05, 0) is 90.6 Å². The third kappa shape index (κ3) is 4.65. The average molecular weight is 522 g/mol. The van der Waals surface area contributed by atoms with Crippen LogP contribution in [0.4, 0.5) is 4.39 Å². The molecule has 0 radical (unpaired) electrons. The molecular formula is C33H32FN3O2. The Kier molecular flexibility index (Phi) is 6.55. The number of nitrogens with one attached hydrogen (secondary N) is 1. The molecule has 0 spiro atoms. The van der Waals surface area contributed by atoms with Crippen molar-refractivity contribution in [3.05, 3.63) is 119 Å². The zero-order chi connectivity index (χ0) is 27.0. The summed E-state index contributed by atoms with van der Waals surface area (Å²) in [6, 6.07) is 23.9. The standard InChI is InChI=1S/C33H32FN3O2/c1-33-20-23-21-35-37(27-16-14-26(34)15-17-27)30(23)19-25(33)13-12-24(33)18-29(22-8-4-3-5-9-22)36-32(38)28-10-6-7-11-31(28)39-2/h3-11,14-17,19,21,24,29H,12-13,18,20H2,1-2H3,(H,36,38)/t24-,29?,33-/m1/s1. The molecule has 1 saturated carbocycles. The van der Waals surface area contributed by atoms with Crippen LogP contribution in [0, 0.1) is 17.2 Å². The van der Waals surface area contributed by atoms with Crippen LogP contribution in [-0.4, -0.2) is 22.8 Å². The van der Waals surface area contributed by atoms with Gasteiger partial charge >= 0.3 is 0 Å². The van der Waals surface area contributed by atoms with Gasteiger partial charge in [0.15, 0.2) is 0 Å². The van der Waals surface area contributed by atoms with Gasteiger partial charge in [0.2, 0.25) is 0 Å². The van der Waals surface area contributed by atoms with Gasteiger partial charge in [-0.3, -0.25) is 4.79 Å². The molecule has 39 heavy (non-hydrogen) atoms. The minimum Gasteiger partial charge on any atom is -0.496 e. The molecule has 3 aromatic carbocycles. The number of carbonyl (C=O) groups is 1. The predicted molar refractivity (Wildman–Crippen MR) is 150 cm³/mol. The van der Waals surface area contributed by atoms with Gasteiger partial charge in [-0.25, -0.2) is 9.07 Å². The van der Waals surface area contributed by atoms with Gasteiger partial charge < -0.3 is 10.1 Å². The SMILES string of the molecule is COc1ccccc1C(=O)NC(C[C@H]1CCC2=Cc3c(cnn3-c3ccc(F)cc3)C[C@@]21C)c1ccccc1. The highest BCUT2D eigenvalue weighted by atomic mass is 19.1. The first-order valence-electron chi connectivity index (χ1n) is 13.5. The van der Waals surface area contributed by atoms with Gasteiger partial charge in [-0.2, -0.15) is 5.10 Å². The molecule has 1 N–H and O–H groups in total. The lowest BCUT2D eigenvalue weighted by molar-refractivity contribution is 0.0920. The molecule has 1 aromatic heterocycles. The van der Waals surface area contributed by atoms with Crippen molar-refractivity contribution in [2.45, 2.75) is 38.6 Å². The third-order valence-corrected chi connectivity index (χ3v) is 8.60. The van der Waals surface area contributed by atoms with Crippen LogP contribution in [0.15, 0.2) is 90.6 Å². The molecule has 4 aromatic rings. The molecule has 1 unspecified atom stereocenters. The summed E-state index contributed by atoms with van der Waals surface area (Å²) in [6.07, 6.45) is 8.04. The minimum absolute atomic E-state index is 0.0220. The Morgan fingerprint density at radius 1 is 1.10 bits per heavy atom.